The van der Waals surface area contributed by atoms with Gasteiger partial charge in [-0.2, -0.15) is 11.8 Å². The number of nitrogens with one attached hydrogen (secondary N) is 2. The molecule has 29 heavy (non-hydrogen) atoms. The minimum absolute atomic E-state index is 0.571. The standard InChI is InChI=1S/C23H31N5S/c1-24-22-21-10-13-28(23(21)27-17-26-22)20-8-7-19(15-20)16-29-14-12-25-11-9-18-5-3-2-4-6-18/h2-6,10,13,17,19-20,25H,7-9,11-12,14-16H2,1H3,(H,24,26,27)/t19-,20+/m1/s1. The number of benzene rings is 1. The van der Waals surface area contributed by atoms with E-state index in [-0.39, 0.29) is 0 Å². The lowest BCUT2D eigenvalue weighted by Crippen LogP contribution is -2.20. The van der Waals surface area contributed by atoms with Crippen molar-refractivity contribution in [2.24, 2.45) is 5.92 Å². The van der Waals surface area contributed by atoms with E-state index in [2.05, 4.69) is 79.5 Å². The normalized spacial score (nSPS) is 19.1. The number of aromatic nitrogens is 3. The molecule has 2 aromatic heterocycles. The minimum Gasteiger partial charge on any atom is -0.372 e. The van der Waals surface area contributed by atoms with Crippen molar-refractivity contribution in [1.29, 1.82) is 0 Å². The number of thioether (sulfide) groups is 1. The molecule has 6 heteroatoms. The van der Waals surface area contributed by atoms with Crippen molar-refractivity contribution < 1.29 is 0 Å². The maximum Gasteiger partial charge on any atom is 0.145 e. The van der Waals surface area contributed by atoms with Crippen LogP contribution >= 0.6 is 11.8 Å². The highest BCUT2D eigenvalue weighted by atomic mass is 32.2. The summed E-state index contributed by atoms with van der Waals surface area (Å²) < 4.78 is 2.37. The summed E-state index contributed by atoms with van der Waals surface area (Å²) in [6.07, 6.45) is 8.80. The van der Waals surface area contributed by atoms with Crippen LogP contribution in [0, 0.1) is 5.92 Å². The number of anilines is 1. The zero-order valence-electron chi connectivity index (χ0n) is 17.2. The van der Waals surface area contributed by atoms with Gasteiger partial charge in [0, 0.05) is 31.6 Å². The molecule has 2 N–H and O–H groups in total. The summed E-state index contributed by atoms with van der Waals surface area (Å²) in [5.74, 6) is 4.20. The Morgan fingerprint density at radius 2 is 2.00 bits per heavy atom. The highest BCUT2D eigenvalue weighted by Crippen LogP contribution is 2.38. The lowest BCUT2D eigenvalue weighted by molar-refractivity contribution is 0.507. The lowest BCUT2D eigenvalue weighted by Gasteiger charge is -2.14. The van der Waals surface area contributed by atoms with Crippen LogP contribution in [0.3, 0.4) is 0 Å². The summed E-state index contributed by atoms with van der Waals surface area (Å²) in [5.41, 5.74) is 2.47. The number of hydrogen-bond acceptors (Lipinski definition) is 5. The molecule has 0 amide bonds. The molecule has 0 unspecified atom stereocenters. The van der Waals surface area contributed by atoms with Crippen LogP contribution in [0.25, 0.3) is 11.0 Å². The first-order valence-electron chi connectivity index (χ1n) is 10.7. The maximum atomic E-state index is 4.54. The average molecular weight is 410 g/mol. The SMILES string of the molecule is CNc1ncnc2c1ccn2[C@H]1CC[C@@H](CSCCNCCc2ccccc2)C1. The molecule has 1 aliphatic carbocycles. The monoisotopic (exact) mass is 409 g/mol. The van der Waals surface area contributed by atoms with Gasteiger partial charge in [0.05, 0.1) is 5.39 Å². The third kappa shape index (κ3) is 5.11. The molecule has 1 aliphatic rings. The molecule has 1 fully saturated rings. The molecule has 154 valence electrons. The van der Waals surface area contributed by atoms with Gasteiger partial charge in [-0.05, 0) is 55.5 Å². The van der Waals surface area contributed by atoms with Crippen molar-refractivity contribution in [3.8, 4) is 0 Å². The summed E-state index contributed by atoms with van der Waals surface area (Å²) >= 11 is 2.10. The number of hydrogen-bond donors (Lipinski definition) is 2. The molecule has 3 aromatic rings. The first kappa shape index (κ1) is 20.2. The Bertz CT molecular complexity index is 895. The fraction of sp³-hybridized carbons (Fsp3) is 0.478. The van der Waals surface area contributed by atoms with Crippen molar-refractivity contribution in [3.63, 3.8) is 0 Å². The molecule has 2 heterocycles. The first-order chi connectivity index (χ1) is 14.3. The fourth-order valence-corrected chi connectivity index (χ4v) is 5.41. The van der Waals surface area contributed by atoms with Crippen molar-refractivity contribution in [2.75, 3.05) is 37.0 Å². The minimum atomic E-state index is 0.571. The van der Waals surface area contributed by atoms with Gasteiger partial charge in [-0.25, -0.2) is 9.97 Å². The van der Waals surface area contributed by atoms with Crippen LogP contribution in [-0.4, -0.2) is 46.2 Å². The van der Waals surface area contributed by atoms with Gasteiger partial charge in [-0.15, -0.1) is 0 Å². The third-order valence-corrected chi connectivity index (χ3v) is 7.06. The largest absolute Gasteiger partial charge is 0.372 e. The molecule has 0 aliphatic heterocycles. The fourth-order valence-electron chi connectivity index (χ4n) is 4.31. The van der Waals surface area contributed by atoms with Gasteiger partial charge in [0.2, 0.25) is 0 Å². The summed E-state index contributed by atoms with van der Waals surface area (Å²) in [5, 5.41) is 7.86. The number of nitrogens with zero attached hydrogens (tertiary/aromatic N) is 3. The Kier molecular flexibility index (Phi) is 7.06. The molecule has 1 saturated carbocycles. The van der Waals surface area contributed by atoms with Crippen molar-refractivity contribution in [3.05, 3.63) is 54.5 Å². The number of rotatable bonds is 10. The van der Waals surface area contributed by atoms with Crippen LogP contribution in [0.1, 0.15) is 30.9 Å². The Hall–Kier alpha value is -2.05. The highest BCUT2D eigenvalue weighted by molar-refractivity contribution is 7.99. The predicted octanol–water partition coefficient (Wildman–Crippen LogP) is 4.38. The van der Waals surface area contributed by atoms with E-state index >= 15 is 0 Å². The smallest absolute Gasteiger partial charge is 0.145 e. The van der Waals surface area contributed by atoms with Gasteiger partial charge in [0.25, 0.3) is 0 Å². The van der Waals surface area contributed by atoms with Crippen LogP contribution in [0.5, 0.6) is 0 Å². The van der Waals surface area contributed by atoms with Crippen LogP contribution in [0.4, 0.5) is 5.82 Å². The Labute approximate surface area is 177 Å². The van der Waals surface area contributed by atoms with E-state index in [1.807, 2.05) is 7.05 Å². The molecule has 4 rings (SSSR count). The van der Waals surface area contributed by atoms with Gasteiger partial charge >= 0.3 is 0 Å². The predicted molar refractivity (Wildman–Crippen MR) is 124 cm³/mol. The summed E-state index contributed by atoms with van der Waals surface area (Å²) in [6, 6.07) is 13.4. The van der Waals surface area contributed by atoms with Gasteiger partial charge in [0.1, 0.15) is 17.8 Å². The summed E-state index contributed by atoms with van der Waals surface area (Å²) in [6.45, 7) is 2.16. The Balaban J connectivity index is 1.16. The summed E-state index contributed by atoms with van der Waals surface area (Å²) in [4.78, 5) is 8.87. The molecule has 0 spiro atoms. The van der Waals surface area contributed by atoms with E-state index in [0.29, 0.717) is 6.04 Å². The lowest BCUT2D eigenvalue weighted by atomic mass is 10.1. The maximum absolute atomic E-state index is 4.54. The van der Waals surface area contributed by atoms with E-state index < -0.39 is 0 Å². The topological polar surface area (TPSA) is 54.8 Å². The first-order valence-corrected chi connectivity index (χ1v) is 11.8. The van der Waals surface area contributed by atoms with Crippen LogP contribution in [-0.2, 0) is 6.42 Å². The van der Waals surface area contributed by atoms with Gasteiger partial charge in [-0.1, -0.05) is 30.3 Å². The quantitative estimate of drug-likeness (QED) is 0.487. The summed E-state index contributed by atoms with van der Waals surface area (Å²) in [7, 11) is 1.92. The van der Waals surface area contributed by atoms with Crippen molar-refractivity contribution >= 4 is 28.6 Å². The van der Waals surface area contributed by atoms with E-state index in [4.69, 9.17) is 0 Å². The van der Waals surface area contributed by atoms with E-state index in [1.165, 1.54) is 36.3 Å². The molecule has 0 saturated heterocycles. The van der Waals surface area contributed by atoms with E-state index in [9.17, 15) is 0 Å². The van der Waals surface area contributed by atoms with Crippen molar-refractivity contribution in [1.82, 2.24) is 19.9 Å². The molecule has 0 bridgehead atoms. The average Bonchev–Trinajstić information content (AvgIpc) is 3.40. The zero-order chi connectivity index (χ0) is 19.9. The Morgan fingerprint density at radius 1 is 1.10 bits per heavy atom. The molecular formula is C23H31N5S. The van der Waals surface area contributed by atoms with Gasteiger partial charge in [-0.3, -0.25) is 0 Å². The number of fused-ring (bicyclic) bond motifs is 1. The second-order valence-corrected chi connectivity index (χ2v) is 8.98. The molecule has 0 radical (unpaired) electrons. The van der Waals surface area contributed by atoms with Gasteiger partial charge in [0.15, 0.2) is 0 Å². The van der Waals surface area contributed by atoms with E-state index in [0.717, 1.165) is 42.3 Å². The molecule has 1 aromatic carbocycles. The molecule has 5 nitrogen and oxygen atoms in total. The van der Waals surface area contributed by atoms with Crippen LogP contribution in [0.15, 0.2) is 48.9 Å². The molecular weight excluding hydrogens is 378 g/mol. The van der Waals surface area contributed by atoms with Crippen molar-refractivity contribution in [2.45, 2.75) is 31.7 Å². The zero-order valence-corrected chi connectivity index (χ0v) is 18.0. The highest BCUT2D eigenvalue weighted by Gasteiger charge is 2.27. The molecule has 2 atom stereocenters. The van der Waals surface area contributed by atoms with Crippen LogP contribution < -0.4 is 10.6 Å². The van der Waals surface area contributed by atoms with E-state index in [1.54, 1.807) is 6.33 Å². The second-order valence-electron chi connectivity index (χ2n) is 7.83. The Morgan fingerprint density at radius 3 is 2.86 bits per heavy atom. The third-order valence-electron chi connectivity index (χ3n) is 5.86. The van der Waals surface area contributed by atoms with Crippen LogP contribution in [0.2, 0.25) is 0 Å². The second kappa shape index (κ2) is 10.1. The van der Waals surface area contributed by atoms with Gasteiger partial charge < -0.3 is 15.2 Å².